The van der Waals surface area contributed by atoms with E-state index in [0.29, 0.717) is 50.9 Å². The molecular weight excluding hydrogens is 384 g/mol. The van der Waals surface area contributed by atoms with Crippen molar-refractivity contribution in [1.82, 2.24) is 9.97 Å². The minimum atomic E-state index is -0.474. The summed E-state index contributed by atoms with van der Waals surface area (Å²) in [4.78, 5) is 21.3. The minimum absolute atomic E-state index is 0.340. The second-order valence-corrected chi connectivity index (χ2v) is 6.53. The van der Waals surface area contributed by atoms with E-state index in [9.17, 15) is 4.79 Å². The van der Waals surface area contributed by atoms with E-state index >= 15 is 0 Å². The fourth-order valence-corrected chi connectivity index (χ4v) is 3.40. The van der Waals surface area contributed by atoms with Crippen molar-refractivity contribution in [3.8, 4) is 28.7 Å². The molecule has 0 aliphatic rings. The van der Waals surface area contributed by atoms with Crippen LogP contribution in [0, 0.1) is 0 Å². The summed E-state index contributed by atoms with van der Waals surface area (Å²) in [7, 11) is 2.93. The van der Waals surface area contributed by atoms with Crippen LogP contribution in [0.5, 0.6) is 5.75 Å². The molecule has 0 fully saturated rings. The van der Waals surface area contributed by atoms with Crippen molar-refractivity contribution >= 4 is 28.2 Å². The van der Waals surface area contributed by atoms with Gasteiger partial charge in [0.1, 0.15) is 16.8 Å². The van der Waals surface area contributed by atoms with E-state index in [1.165, 1.54) is 7.11 Å². The molecule has 0 bridgehead atoms. The van der Waals surface area contributed by atoms with Gasteiger partial charge in [0.15, 0.2) is 11.2 Å². The monoisotopic (exact) mass is 400 g/mol. The van der Waals surface area contributed by atoms with Gasteiger partial charge in [-0.15, -0.1) is 0 Å². The number of fused-ring (bicyclic) bond motifs is 2. The summed E-state index contributed by atoms with van der Waals surface area (Å²) in [6.45, 7) is 0. The molecule has 0 saturated carbocycles. The highest BCUT2D eigenvalue weighted by Crippen LogP contribution is 2.36. The lowest BCUT2D eigenvalue weighted by Crippen LogP contribution is -2.01. The van der Waals surface area contributed by atoms with Gasteiger partial charge in [0, 0.05) is 0 Å². The van der Waals surface area contributed by atoms with Gasteiger partial charge < -0.3 is 18.3 Å². The average Bonchev–Trinajstić information content (AvgIpc) is 3.42. The quantitative estimate of drug-likeness (QED) is 0.388. The van der Waals surface area contributed by atoms with Gasteiger partial charge in [-0.2, -0.15) is 0 Å². The molecule has 5 aromatic rings. The molecule has 0 radical (unpaired) electrons. The molecule has 0 amide bonds. The summed E-state index contributed by atoms with van der Waals surface area (Å²) in [5.41, 5.74) is 3.85. The van der Waals surface area contributed by atoms with Crippen molar-refractivity contribution in [2.75, 3.05) is 14.2 Å². The molecule has 0 saturated heterocycles. The number of methoxy groups -OCH3 is 2. The van der Waals surface area contributed by atoms with Crippen molar-refractivity contribution in [1.29, 1.82) is 0 Å². The highest BCUT2D eigenvalue weighted by Gasteiger charge is 2.20. The van der Waals surface area contributed by atoms with Crippen LogP contribution >= 0.6 is 0 Å². The lowest BCUT2D eigenvalue weighted by molar-refractivity contribution is 0.0602. The number of carbonyl (C=O) groups excluding carboxylic acids is 1. The zero-order valence-electron chi connectivity index (χ0n) is 16.2. The average molecular weight is 400 g/mol. The first-order valence-electron chi connectivity index (χ1n) is 9.21. The minimum Gasteiger partial charge on any atom is -0.496 e. The second-order valence-electron chi connectivity index (χ2n) is 6.53. The molecule has 5 rings (SSSR count). The van der Waals surface area contributed by atoms with Crippen LogP contribution in [0.25, 0.3) is 45.1 Å². The van der Waals surface area contributed by atoms with Crippen molar-refractivity contribution in [3.63, 3.8) is 0 Å². The largest absolute Gasteiger partial charge is 0.496 e. The predicted molar refractivity (Wildman–Crippen MR) is 110 cm³/mol. The van der Waals surface area contributed by atoms with Crippen molar-refractivity contribution in [2.45, 2.75) is 0 Å². The Kier molecular flexibility index (Phi) is 4.21. The lowest BCUT2D eigenvalue weighted by atomic mass is 10.2. The Labute approximate surface area is 170 Å². The normalized spacial score (nSPS) is 11.1. The number of hydrogen-bond acceptors (Lipinski definition) is 7. The Bertz CT molecular complexity index is 1400. The summed E-state index contributed by atoms with van der Waals surface area (Å²) in [5, 5.41) is 0. The third kappa shape index (κ3) is 2.79. The Morgan fingerprint density at radius 3 is 2.17 bits per heavy atom. The Hall–Kier alpha value is -4.13. The van der Waals surface area contributed by atoms with Gasteiger partial charge in [0.25, 0.3) is 0 Å². The molecule has 3 aromatic carbocycles. The number of para-hydroxylation sites is 3. The van der Waals surface area contributed by atoms with E-state index < -0.39 is 5.97 Å². The molecular formula is C23H16N2O5. The number of rotatable bonds is 4. The molecule has 0 atom stereocenters. The second kappa shape index (κ2) is 7.04. The Balaban J connectivity index is 1.69. The van der Waals surface area contributed by atoms with Crippen LogP contribution < -0.4 is 4.74 Å². The van der Waals surface area contributed by atoms with Crippen LogP contribution in [0.15, 0.2) is 69.5 Å². The van der Waals surface area contributed by atoms with Gasteiger partial charge in [-0.05, 0) is 36.4 Å². The maximum absolute atomic E-state index is 12.1. The van der Waals surface area contributed by atoms with E-state index in [1.54, 1.807) is 25.3 Å². The van der Waals surface area contributed by atoms with Crippen LogP contribution in [0.1, 0.15) is 10.4 Å². The zero-order valence-corrected chi connectivity index (χ0v) is 16.2. The number of esters is 1. The Morgan fingerprint density at radius 1 is 0.767 bits per heavy atom. The third-order valence-corrected chi connectivity index (χ3v) is 4.81. The van der Waals surface area contributed by atoms with Gasteiger partial charge in [-0.3, -0.25) is 0 Å². The molecule has 7 heteroatoms. The van der Waals surface area contributed by atoms with Gasteiger partial charge >= 0.3 is 5.97 Å². The van der Waals surface area contributed by atoms with Crippen molar-refractivity contribution < 1.29 is 23.1 Å². The van der Waals surface area contributed by atoms with Gasteiger partial charge in [0.05, 0.1) is 30.9 Å². The number of ether oxygens (including phenoxy) is 2. The van der Waals surface area contributed by atoms with Crippen molar-refractivity contribution in [2.24, 2.45) is 0 Å². The van der Waals surface area contributed by atoms with Gasteiger partial charge in [-0.25, -0.2) is 14.8 Å². The smallest absolute Gasteiger partial charge is 0.340 e. The highest BCUT2D eigenvalue weighted by atomic mass is 16.5. The highest BCUT2D eigenvalue weighted by molar-refractivity contribution is 6.02. The number of aromatic nitrogens is 2. The zero-order chi connectivity index (χ0) is 20.7. The van der Waals surface area contributed by atoms with E-state index in [4.69, 9.17) is 18.3 Å². The van der Waals surface area contributed by atoms with Crippen molar-refractivity contribution in [3.05, 3.63) is 66.2 Å². The first-order valence-corrected chi connectivity index (χ1v) is 9.21. The summed E-state index contributed by atoms with van der Waals surface area (Å²) in [6, 6.07) is 18.1. The maximum atomic E-state index is 12.1. The molecule has 0 N–H and O–H groups in total. The first kappa shape index (κ1) is 17.9. The molecule has 0 unspecified atom stereocenters. The molecule has 0 aliphatic carbocycles. The molecule has 30 heavy (non-hydrogen) atoms. The fourth-order valence-electron chi connectivity index (χ4n) is 3.40. The maximum Gasteiger partial charge on any atom is 0.340 e. The molecule has 2 aromatic heterocycles. The lowest BCUT2D eigenvalue weighted by Gasteiger charge is -2.03. The van der Waals surface area contributed by atoms with Crippen LogP contribution in [0.2, 0.25) is 0 Å². The number of benzene rings is 3. The SMILES string of the molecule is COC(=O)c1cccc2oc(-c3cccc4oc(-c5ccccc5OC)nc34)nc12. The fraction of sp³-hybridized carbons (Fsp3) is 0.0870. The number of oxazole rings is 2. The predicted octanol–water partition coefficient (Wildman–Crippen LogP) is 5.10. The van der Waals surface area contributed by atoms with Gasteiger partial charge in [-0.1, -0.05) is 24.3 Å². The van der Waals surface area contributed by atoms with E-state index in [-0.39, 0.29) is 0 Å². The van der Waals surface area contributed by atoms with Crippen LogP contribution in [0.4, 0.5) is 0 Å². The molecule has 0 aliphatic heterocycles. The van der Waals surface area contributed by atoms with E-state index in [2.05, 4.69) is 9.97 Å². The summed E-state index contributed by atoms with van der Waals surface area (Å²) in [6.07, 6.45) is 0. The molecule has 0 spiro atoms. The summed E-state index contributed by atoms with van der Waals surface area (Å²) in [5.74, 6) is 0.960. The van der Waals surface area contributed by atoms with Crippen LogP contribution in [-0.4, -0.2) is 30.2 Å². The third-order valence-electron chi connectivity index (χ3n) is 4.81. The van der Waals surface area contributed by atoms with E-state index in [1.807, 2.05) is 42.5 Å². The number of nitrogens with zero attached hydrogens (tertiary/aromatic N) is 2. The number of hydrogen-bond donors (Lipinski definition) is 0. The van der Waals surface area contributed by atoms with Crippen LogP contribution in [-0.2, 0) is 4.74 Å². The molecule has 148 valence electrons. The topological polar surface area (TPSA) is 87.6 Å². The standard InChI is InChI=1S/C23H16N2O5/c1-27-16-10-4-3-7-13(16)21-24-19-14(8-5-11-17(19)29-21)22-25-20-15(23(26)28-2)9-6-12-18(20)30-22/h3-12H,1-2H3. The van der Waals surface area contributed by atoms with E-state index in [0.717, 1.165) is 5.56 Å². The Morgan fingerprint density at radius 2 is 1.40 bits per heavy atom. The first-order chi connectivity index (χ1) is 14.7. The number of carbonyl (C=O) groups is 1. The summed E-state index contributed by atoms with van der Waals surface area (Å²) >= 11 is 0. The molecule has 2 heterocycles. The van der Waals surface area contributed by atoms with Gasteiger partial charge in [0.2, 0.25) is 11.8 Å². The molecule has 7 nitrogen and oxygen atoms in total. The van der Waals surface area contributed by atoms with Crippen LogP contribution in [0.3, 0.4) is 0 Å². The summed E-state index contributed by atoms with van der Waals surface area (Å²) < 4.78 is 22.2.